The maximum absolute atomic E-state index is 12.8. The van der Waals surface area contributed by atoms with Gasteiger partial charge in [0.05, 0.1) is 29.4 Å². The highest BCUT2D eigenvalue weighted by Gasteiger charge is 2.24. The Labute approximate surface area is 183 Å². The van der Waals surface area contributed by atoms with Crippen molar-refractivity contribution < 1.29 is 19.1 Å². The molecule has 0 atom stereocenters. The lowest BCUT2D eigenvalue weighted by Gasteiger charge is -2.16. The van der Waals surface area contributed by atoms with Crippen molar-refractivity contribution in [1.82, 2.24) is 9.97 Å². The molecule has 4 rings (SSSR count). The highest BCUT2D eigenvalue weighted by Crippen LogP contribution is 2.34. The molecule has 0 saturated carbocycles. The molecular formula is C24H17ClN2O4. The molecule has 31 heavy (non-hydrogen) atoms. The van der Waals surface area contributed by atoms with Gasteiger partial charge in [-0.3, -0.25) is 0 Å². The molecule has 0 amide bonds. The van der Waals surface area contributed by atoms with Crippen molar-refractivity contribution in [3.8, 4) is 11.1 Å². The zero-order valence-electron chi connectivity index (χ0n) is 16.5. The number of pyridine rings is 2. The van der Waals surface area contributed by atoms with Crippen LogP contribution in [0.5, 0.6) is 0 Å². The van der Waals surface area contributed by atoms with E-state index in [4.69, 9.17) is 21.1 Å². The largest absolute Gasteiger partial charge is 0.465 e. The average molecular weight is 433 g/mol. The molecule has 0 saturated heterocycles. The summed E-state index contributed by atoms with van der Waals surface area (Å²) >= 11 is 5.99. The molecule has 0 spiro atoms. The van der Waals surface area contributed by atoms with E-state index < -0.39 is 11.9 Å². The number of nitrogens with zero attached hydrogens (tertiary/aromatic N) is 2. The monoisotopic (exact) mass is 432 g/mol. The number of hydrogen-bond donors (Lipinski definition) is 0. The summed E-state index contributed by atoms with van der Waals surface area (Å²) < 4.78 is 10.5. The van der Waals surface area contributed by atoms with E-state index in [-0.39, 0.29) is 28.6 Å². The summed E-state index contributed by atoms with van der Waals surface area (Å²) in [5.74, 6) is -1.23. The van der Waals surface area contributed by atoms with Crippen LogP contribution < -0.4 is 0 Å². The van der Waals surface area contributed by atoms with E-state index in [0.29, 0.717) is 11.1 Å². The van der Waals surface area contributed by atoms with Gasteiger partial charge in [-0.25, -0.2) is 19.6 Å². The predicted molar refractivity (Wildman–Crippen MR) is 117 cm³/mol. The number of benzene rings is 2. The number of aromatic nitrogens is 2. The number of carbonyl (C=O) groups is 2. The zero-order chi connectivity index (χ0) is 21.8. The maximum Gasteiger partial charge on any atom is 0.341 e. The fourth-order valence-electron chi connectivity index (χ4n) is 3.34. The standard InChI is InChI=1S/C24H17ClN2O4/c1-30-24(29)21-19(14-31-23(28)17-11-7-13-26-22(17)25)27-18-12-6-5-10-16(18)20(21)15-8-3-2-4-9-15/h2-13H,14H2,1H3. The minimum absolute atomic E-state index is 0.0390. The van der Waals surface area contributed by atoms with Crippen LogP contribution in [0.1, 0.15) is 26.4 Å². The van der Waals surface area contributed by atoms with Crippen molar-refractivity contribution in [3.63, 3.8) is 0 Å². The molecule has 2 aromatic heterocycles. The molecule has 2 aromatic carbocycles. The second-order valence-corrected chi connectivity index (χ2v) is 6.96. The van der Waals surface area contributed by atoms with Crippen molar-refractivity contribution in [2.45, 2.75) is 6.61 Å². The van der Waals surface area contributed by atoms with E-state index in [1.165, 1.54) is 19.4 Å². The van der Waals surface area contributed by atoms with Gasteiger partial charge < -0.3 is 9.47 Å². The zero-order valence-corrected chi connectivity index (χ0v) is 17.3. The molecule has 154 valence electrons. The number of carbonyl (C=O) groups excluding carboxylic acids is 2. The molecule has 2 heterocycles. The van der Waals surface area contributed by atoms with Gasteiger partial charge in [-0.05, 0) is 23.8 Å². The molecule has 0 radical (unpaired) electrons. The number of para-hydroxylation sites is 1. The van der Waals surface area contributed by atoms with Crippen molar-refractivity contribution in [1.29, 1.82) is 0 Å². The van der Waals surface area contributed by atoms with Gasteiger partial charge in [-0.1, -0.05) is 60.1 Å². The van der Waals surface area contributed by atoms with Crippen LogP contribution in [-0.4, -0.2) is 29.0 Å². The minimum Gasteiger partial charge on any atom is -0.465 e. The molecule has 7 heteroatoms. The highest BCUT2D eigenvalue weighted by atomic mass is 35.5. The number of methoxy groups -OCH3 is 1. The van der Waals surface area contributed by atoms with E-state index in [1.54, 1.807) is 6.07 Å². The Morgan fingerprint density at radius 3 is 2.42 bits per heavy atom. The van der Waals surface area contributed by atoms with Crippen molar-refractivity contribution >= 4 is 34.4 Å². The molecule has 0 N–H and O–H groups in total. The summed E-state index contributed by atoms with van der Waals surface area (Å²) in [4.78, 5) is 33.8. The first-order valence-electron chi connectivity index (χ1n) is 9.43. The van der Waals surface area contributed by atoms with Gasteiger partial charge in [0.25, 0.3) is 0 Å². The van der Waals surface area contributed by atoms with Crippen molar-refractivity contribution in [2.24, 2.45) is 0 Å². The Bertz CT molecular complexity index is 1280. The summed E-state index contributed by atoms with van der Waals surface area (Å²) in [6.07, 6.45) is 1.48. The first-order chi connectivity index (χ1) is 15.1. The fraction of sp³-hybridized carbons (Fsp3) is 0.0833. The van der Waals surface area contributed by atoms with Crippen LogP contribution in [0.4, 0.5) is 0 Å². The van der Waals surface area contributed by atoms with Gasteiger partial charge in [-0.15, -0.1) is 0 Å². The number of halogens is 1. The van der Waals surface area contributed by atoms with Crippen LogP contribution in [0.25, 0.3) is 22.0 Å². The van der Waals surface area contributed by atoms with Crippen molar-refractivity contribution in [3.05, 3.63) is 94.9 Å². The summed E-state index contributed by atoms with van der Waals surface area (Å²) in [5.41, 5.74) is 2.83. The number of fused-ring (bicyclic) bond motifs is 1. The molecule has 4 aromatic rings. The SMILES string of the molecule is COC(=O)c1c(COC(=O)c2cccnc2Cl)nc2ccccc2c1-c1ccccc1. The van der Waals surface area contributed by atoms with Gasteiger partial charge in [0.1, 0.15) is 11.8 Å². The van der Waals surface area contributed by atoms with E-state index in [1.807, 2.05) is 54.6 Å². The van der Waals surface area contributed by atoms with Crippen LogP contribution in [0.2, 0.25) is 5.15 Å². The molecule has 6 nitrogen and oxygen atoms in total. The van der Waals surface area contributed by atoms with E-state index in [2.05, 4.69) is 9.97 Å². The predicted octanol–water partition coefficient (Wildman–Crippen LogP) is 5.09. The van der Waals surface area contributed by atoms with Crippen LogP contribution >= 0.6 is 11.6 Å². The van der Waals surface area contributed by atoms with E-state index >= 15 is 0 Å². The normalized spacial score (nSPS) is 10.6. The smallest absolute Gasteiger partial charge is 0.341 e. The minimum atomic E-state index is -0.662. The lowest BCUT2D eigenvalue weighted by molar-refractivity contribution is 0.0455. The topological polar surface area (TPSA) is 78.4 Å². The quantitative estimate of drug-likeness (QED) is 0.322. The molecule has 0 unspecified atom stereocenters. The molecular weight excluding hydrogens is 416 g/mol. The number of rotatable bonds is 5. The fourth-order valence-corrected chi connectivity index (χ4v) is 3.54. The van der Waals surface area contributed by atoms with Gasteiger partial charge in [0.2, 0.25) is 0 Å². The van der Waals surface area contributed by atoms with Gasteiger partial charge in [0, 0.05) is 17.1 Å². The lowest BCUT2D eigenvalue weighted by Crippen LogP contribution is -2.14. The summed E-state index contributed by atoms with van der Waals surface area (Å²) in [6, 6.07) is 20.0. The van der Waals surface area contributed by atoms with Gasteiger partial charge >= 0.3 is 11.9 Å². The first-order valence-corrected chi connectivity index (χ1v) is 9.81. The number of ether oxygens (including phenoxy) is 2. The summed E-state index contributed by atoms with van der Waals surface area (Å²) in [6.45, 7) is -0.237. The third-order valence-corrected chi connectivity index (χ3v) is 5.04. The van der Waals surface area contributed by atoms with Crippen molar-refractivity contribution in [2.75, 3.05) is 7.11 Å². The molecule has 0 bridgehead atoms. The molecule has 0 aliphatic heterocycles. The average Bonchev–Trinajstić information content (AvgIpc) is 2.81. The second-order valence-electron chi connectivity index (χ2n) is 6.60. The van der Waals surface area contributed by atoms with E-state index in [9.17, 15) is 9.59 Å². The molecule has 0 fully saturated rings. The second kappa shape index (κ2) is 8.93. The van der Waals surface area contributed by atoms with E-state index in [0.717, 1.165) is 10.9 Å². The van der Waals surface area contributed by atoms with Crippen LogP contribution in [0.3, 0.4) is 0 Å². The van der Waals surface area contributed by atoms with Gasteiger partial charge in [-0.2, -0.15) is 0 Å². The van der Waals surface area contributed by atoms with Crippen LogP contribution in [0, 0.1) is 0 Å². The Kier molecular flexibility index (Phi) is 5.91. The summed E-state index contributed by atoms with van der Waals surface area (Å²) in [7, 11) is 1.30. The molecule has 0 aliphatic rings. The number of hydrogen-bond acceptors (Lipinski definition) is 6. The number of esters is 2. The Balaban J connectivity index is 1.84. The Hall–Kier alpha value is -3.77. The highest BCUT2D eigenvalue weighted by molar-refractivity contribution is 6.32. The third-order valence-electron chi connectivity index (χ3n) is 4.74. The molecule has 0 aliphatic carbocycles. The first kappa shape index (κ1) is 20.5. The third kappa shape index (κ3) is 4.11. The van der Waals surface area contributed by atoms with Crippen LogP contribution in [-0.2, 0) is 16.1 Å². The lowest BCUT2D eigenvalue weighted by atomic mass is 9.94. The Morgan fingerprint density at radius 2 is 1.68 bits per heavy atom. The van der Waals surface area contributed by atoms with Crippen LogP contribution in [0.15, 0.2) is 72.9 Å². The van der Waals surface area contributed by atoms with Gasteiger partial charge in [0.15, 0.2) is 0 Å². The Morgan fingerprint density at radius 1 is 0.935 bits per heavy atom. The maximum atomic E-state index is 12.8. The summed E-state index contributed by atoms with van der Waals surface area (Å²) in [5, 5.41) is 0.830.